The minimum atomic E-state index is -0.852. The SMILES string of the molecule is CC1=CC2=CC(C=C1)C(CC(=O)O)=NN2. The molecule has 4 nitrogen and oxygen atoms in total. The average Bonchev–Trinajstić information content (AvgIpc) is 2.31. The smallest absolute Gasteiger partial charge is 0.309 e. The van der Waals surface area contributed by atoms with Crippen LogP contribution in [0.25, 0.3) is 0 Å². The predicted octanol–water partition coefficient (Wildman–Crippen LogP) is 1.44. The lowest BCUT2D eigenvalue weighted by Crippen LogP contribution is -2.23. The molecule has 0 saturated heterocycles. The van der Waals surface area contributed by atoms with E-state index in [1.165, 1.54) is 0 Å². The van der Waals surface area contributed by atoms with Crippen LogP contribution in [0.1, 0.15) is 13.3 Å². The van der Waals surface area contributed by atoms with Crippen molar-refractivity contribution in [3.05, 3.63) is 35.6 Å². The summed E-state index contributed by atoms with van der Waals surface area (Å²) in [6.45, 7) is 2.00. The first-order valence-corrected chi connectivity index (χ1v) is 4.78. The van der Waals surface area contributed by atoms with E-state index in [0.717, 1.165) is 11.3 Å². The van der Waals surface area contributed by atoms with Crippen molar-refractivity contribution in [2.24, 2.45) is 11.0 Å². The van der Waals surface area contributed by atoms with Gasteiger partial charge >= 0.3 is 5.97 Å². The van der Waals surface area contributed by atoms with Gasteiger partial charge in [0.25, 0.3) is 0 Å². The number of carboxylic acids is 1. The van der Waals surface area contributed by atoms with Gasteiger partial charge in [-0.15, -0.1) is 0 Å². The molecule has 0 fully saturated rings. The topological polar surface area (TPSA) is 61.7 Å². The van der Waals surface area contributed by atoms with E-state index in [0.29, 0.717) is 5.71 Å². The van der Waals surface area contributed by atoms with Crippen LogP contribution < -0.4 is 5.43 Å². The van der Waals surface area contributed by atoms with E-state index in [9.17, 15) is 4.79 Å². The minimum absolute atomic E-state index is 0.00560. The van der Waals surface area contributed by atoms with Gasteiger partial charge in [-0.1, -0.05) is 12.2 Å². The Hall–Kier alpha value is -1.84. The summed E-state index contributed by atoms with van der Waals surface area (Å²) in [6, 6.07) is 0. The Labute approximate surface area is 87.7 Å². The van der Waals surface area contributed by atoms with Crippen molar-refractivity contribution in [1.29, 1.82) is 0 Å². The first kappa shape index (κ1) is 9.71. The third kappa shape index (κ3) is 2.15. The van der Waals surface area contributed by atoms with E-state index in [4.69, 9.17) is 5.11 Å². The standard InChI is InChI=1S/C11H12N2O2/c1-7-2-3-8-5-9(4-7)12-13-10(8)6-11(14)15/h2-5,8,12H,6H2,1H3,(H,14,15). The van der Waals surface area contributed by atoms with Crippen molar-refractivity contribution < 1.29 is 9.90 Å². The zero-order valence-electron chi connectivity index (χ0n) is 8.40. The van der Waals surface area contributed by atoms with Crippen LogP contribution in [0.3, 0.4) is 0 Å². The molecule has 2 aliphatic rings. The molecule has 1 heterocycles. The number of allylic oxidation sites excluding steroid dienone is 5. The summed E-state index contributed by atoms with van der Waals surface area (Å²) in [4.78, 5) is 10.6. The maximum atomic E-state index is 10.6. The van der Waals surface area contributed by atoms with Gasteiger partial charge < -0.3 is 5.11 Å². The van der Waals surface area contributed by atoms with Crippen LogP contribution in [0.4, 0.5) is 0 Å². The largest absolute Gasteiger partial charge is 0.481 e. The molecule has 0 aromatic rings. The number of rotatable bonds is 2. The molecule has 0 saturated carbocycles. The van der Waals surface area contributed by atoms with Gasteiger partial charge in [0.2, 0.25) is 0 Å². The molecule has 0 radical (unpaired) electrons. The number of carboxylic acid groups (broad SMARTS) is 1. The Morgan fingerprint density at radius 2 is 2.47 bits per heavy atom. The third-order valence-electron chi connectivity index (χ3n) is 2.35. The van der Waals surface area contributed by atoms with Gasteiger partial charge in [0.05, 0.1) is 17.8 Å². The van der Waals surface area contributed by atoms with Crippen LogP contribution in [-0.4, -0.2) is 16.8 Å². The lowest BCUT2D eigenvalue weighted by atomic mass is 9.98. The van der Waals surface area contributed by atoms with Crippen LogP contribution in [0.5, 0.6) is 0 Å². The summed E-state index contributed by atoms with van der Waals surface area (Å²) < 4.78 is 0. The number of fused-ring (bicyclic) bond motifs is 1. The fraction of sp³-hybridized carbons (Fsp3) is 0.273. The maximum Gasteiger partial charge on any atom is 0.309 e. The average molecular weight is 204 g/mol. The zero-order valence-corrected chi connectivity index (χ0v) is 8.40. The molecule has 78 valence electrons. The van der Waals surface area contributed by atoms with E-state index < -0.39 is 5.97 Å². The van der Waals surface area contributed by atoms with E-state index in [1.807, 2.05) is 31.2 Å². The molecule has 1 aliphatic heterocycles. The highest BCUT2D eigenvalue weighted by atomic mass is 16.4. The number of carbonyl (C=O) groups is 1. The van der Waals surface area contributed by atoms with Gasteiger partial charge in [-0.3, -0.25) is 10.2 Å². The quantitative estimate of drug-likeness (QED) is 0.715. The Balaban J connectivity index is 2.22. The van der Waals surface area contributed by atoms with Gasteiger partial charge in [-0.25, -0.2) is 0 Å². The molecule has 0 aromatic heterocycles. The van der Waals surface area contributed by atoms with Crippen molar-refractivity contribution in [3.8, 4) is 0 Å². The van der Waals surface area contributed by atoms with Crippen molar-refractivity contribution in [1.82, 2.24) is 5.43 Å². The first-order valence-electron chi connectivity index (χ1n) is 4.78. The number of aliphatic carboxylic acids is 1. The summed E-state index contributed by atoms with van der Waals surface area (Å²) in [5, 5.41) is 12.8. The Kier molecular flexibility index (Phi) is 2.41. The number of nitrogens with one attached hydrogen (secondary N) is 1. The van der Waals surface area contributed by atoms with Gasteiger partial charge in [0.1, 0.15) is 0 Å². The van der Waals surface area contributed by atoms with Crippen LogP contribution >= 0.6 is 0 Å². The fourth-order valence-corrected chi connectivity index (χ4v) is 1.65. The maximum absolute atomic E-state index is 10.6. The van der Waals surface area contributed by atoms with E-state index >= 15 is 0 Å². The van der Waals surface area contributed by atoms with Gasteiger partial charge in [0, 0.05) is 5.92 Å². The number of nitrogens with zero attached hydrogens (tertiary/aromatic N) is 1. The van der Waals surface area contributed by atoms with E-state index in [-0.39, 0.29) is 12.3 Å². The van der Waals surface area contributed by atoms with Gasteiger partial charge in [-0.05, 0) is 24.6 Å². The molecule has 0 spiro atoms. The molecular weight excluding hydrogens is 192 g/mol. The summed E-state index contributed by atoms with van der Waals surface area (Å²) in [6.07, 6.45) is 7.90. The number of hydrogen-bond acceptors (Lipinski definition) is 3. The third-order valence-corrected chi connectivity index (χ3v) is 2.35. The Bertz CT molecular complexity index is 416. The molecule has 1 atom stereocenters. The predicted molar refractivity (Wildman–Crippen MR) is 57.3 cm³/mol. The first-order chi connectivity index (χ1) is 7.15. The van der Waals surface area contributed by atoms with Crippen molar-refractivity contribution in [2.45, 2.75) is 13.3 Å². The lowest BCUT2D eigenvalue weighted by Gasteiger charge is -2.16. The van der Waals surface area contributed by atoms with Crippen LogP contribution in [0, 0.1) is 5.92 Å². The van der Waals surface area contributed by atoms with Gasteiger partial charge in [0.15, 0.2) is 0 Å². The van der Waals surface area contributed by atoms with Crippen LogP contribution in [-0.2, 0) is 4.79 Å². The second kappa shape index (κ2) is 3.73. The molecule has 0 amide bonds. The van der Waals surface area contributed by atoms with Crippen LogP contribution in [0.2, 0.25) is 0 Å². The van der Waals surface area contributed by atoms with E-state index in [2.05, 4.69) is 10.5 Å². The molecule has 2 N–H and O–H groups in total. The summed E-state index contributed by atoms with van der Waals surface area (Å²) in [7, 11) is 0. The minimum Gasteiger partial charge on any atom is -0.481 e. The normalized spacial score (nSPS) is 23.3. The summed E-state index contributed by atoms with van der Waals surface area (Å²) >= 11 is 0. The molecule has 2 rings (SSSR count). The second-order valence-corrected chi connectivity index (χ2v) is 3.68. The Morgan fingerprint density at radius 1 is 1.67 bits per heavy atom. The summed E-state index contributed by atoms with van der Waals surface area (Å²) in [5.74, 6) is -0.847. The lowest BCUT2D eigenvalue weighted by molar-refractivity contribution is -0.135. The van der Waals surface area contributed by atoms with Crippen molar-refractivity contribution in [2.75, 3.05) is 0 Å². The monoisotopic (exact) mass is 204 g/mol. The van der Waals surface area contributed by atoms with Crippen molar-refractivity contribution >= 4 is 11.7 Å². The fourth-order valence-electron chi connectivity index (χ4n) is 1.65. The highest BCUT2D eigenvalue weighted by molar-refractivity contribution is 6.01. The molecule has 1 unspecified atom stereocenters. The second-order valence-electron chi connectivity index (χ2n) is 3.68. The highest BCUT2D eigenvalue weighted by Crippen LogP contribution is 2.20. The molecule has 2 bridgehead atoms. The van der Waals surface area contributed by atoms with Crippen molar-refractivity contribution in [3.63, 3.8) is 0 Å². The summed E-state index contributed by atoms with van der Waals surface area (Å²) in [5.41, 5.74) is 5.54. The molecule has 0 aromatic carbocycles. The van der Waals surface area contributed by atoms with Gasteiger partial charge in [-0.2, -0.15) is 5.10 Å². The molecule has 4 heteroatoms. The molecular formula is C11H12N2O2. The molecule has 1 aliphatic carbocycles. The number of hydrazone groups is 1. The number of hydrogen-bond donors (Lipinski definition) is 2. The Morgan fingerprint density at radius 3 is 3.20 bits per heavy atom. The highest BCUT2D eigenvalue weighted by Gasteiger charge is 2.19. The van der Waals surface area contributed by atoms with E-state index in [1.54, 1.807) is 0 Å². The molecule has 15 heavy (non-hydrogen) atoms. The van der Waals surface area contributed by atoms with Crippen LogP contribution in [0.15, 0.2) is 40.7 Å². The zero-order chi connectivity index (χ0) is 10.8.